The van der Waals surface area contributed by atoms with Crippen molar-refractivity contribution in [1.29, 1.82) is 0 Å². The Morgan fingerprint density at radius 1 is 1.00 bits per heavy atom. The van der Waals surface area contributed by atoms with Crippen LogP contribution < -0.4 is 19.1 Å². The van der Waals surface area contributed by atoms with Crippen LogP contribution >= 0.6 is 0 Å². The molecule has 0 aromatic heterocycles. The molecule has 1 aliphatic rings. The van der Waals surface area contributed by atoms with Crippen molar-refractivity contribution in [3.63, 3.8) is 0 Å². The number of ether oxygens (including phenoxy) is 4. The van der Waals surface area contributed by atoms with Crippen LogP contribution in [0.5, 0.6) is 17.2 Å². The molecular formula is C24H25NO6. The van der Waals surface area contributed by atoms with Crippen molar-refractivity contribution in [2.24, 2.45) is 0 Å². The summed E-state index contributed by atoms with van der Waals surface area (Å²) >= 11 is 0. The smallest absolute Gasteiger partial charge is 0.340 e. The summed E-state index contributed by atoms with van der Waals surface area (Å²) in [7, 11) is 4.63. The molecular weight excluding hydrogens is 398 g/mol. The number of allylic oxidation sites excluding steroid dienone is 1. The molecule has 1 aliphatic heterocycles. The molecule has 0 aliphatic carbocycles. The van der Waals surface area contributed by atoms with Gasteiger partial charge in [-0.05, 0) is 50.3 Å². The van der Waals surface area contributed by atoms with Crippen molar-refractivity contribution >= 4 is 23.6 Å². The number of rotatable bonds is 7. The summed E-state index contributed by atoms with van der Waals surface area (Å²) in [5.74, 6) is 0.759. The second kappa shape index (κ2) is 9.38. The largest absolute Gasteiger partial charge is 0.497 e. The van der Waals surface area contributed by atoms with E-state index in [1.54, 1.807) is 69.5 Å². The van der Waals surface area contributed by atoms with Crippen LogP contribution in [0.25, 0.3) is 6.08 Å². The summed E-state index contributed by atoms with van der Waals surface area (Å²) < 4.78 is 21.3. The van der Waals surface area contributed by atoms with Gasteiger partial charge in [0, 0.05) is 16.9 Å². The Bertz CT molecular complexity index is 1050. The van der Waals surface area contributed by atoms with Crippen molar-refractivity contribution in [2.75, 3.05) is 32.8 Å². The molecule has 0 saturated carbocycles. The number of amides is 1. The van der Waals surface area contributed by atoms with Crippen LogP contribution in [0.2, 0.25) is 0 Å². The number of anilines is 1. The van der Waals surface area contributed by atoms with E-state index in [0.29, 0.717) is 34.2 Å². The van der Waals surface area contributed by atoms with Gasteiger partial charge < -0.3 is 18.9 Å². The van der Waals surface area contributed by atoms with E-state index in [0.717, 1.165) is 0 Å². The van der Waals surface area contributed by atoms with E-state index in [9.17, 15) is 9.59 Å². The number of methoxy groups -OCH3 is 3. The molecule has 0 atom stereocenters. The molecule has 1 heterocycles. The first-order valence-electron chi connectivity index (χ1n) is 9.76. The Morgan fingerprint density at radius 3 is 2.29 bits per heavy atom. The van der Waals surface area contributed by atoms with Gasteiger partial charge in [0.15, 0.2) is 11.5 Å². The van der Waals surface area contributed by atoms with Crippen molar-refractivity contribution in [2.45, 2.75) is 13.8 Å². The van der Waals surface area contributed by atoms with Gasteiger partial charge in [0.1, 0.15) is 5.75 Å². The maximum Gasteiger partial charge on any atom is 0.340 e. The van der Waals surface area contributed by atoms with Crippen LogP contribution in [-0.2, 0) is 14.3 Å². The Kier molecular flexibility index (Phi) is 6.65. The fraction of sp³-hybridized carbons (Fsp3) is 0.250. The molecule has 2 aromatic rings. The number of hydrogen-bond donors (Lipinski definition) is 0. The van der Waals surface area contributed by atoms with E-state index in [1.165, 1.54) is 19.1 Å². The lowest BCUT2D eigenvalue weighted by Crippen LogP contribution is -2.24. The van der Waals surface area contributed by atoms with Crippen molar-refractivity contribution in [3.05, 3.63) is 64.9 Å². The second-order valence-corrected chi connectivity index (χ2v) is 6.66. The maximum atomic E-state index is 13.5. The van der Waals surface area contributed by atoms with Gasteiger partial charge in [-0.3, -0.25) is 9.69 Å². The molecule has 2 aromatic carbocycles. The van der Waals surface area contributed by atoms with E-state index in [-0.39, 0.29) is 23.7 Å². The summed E-state index contributed by atoms with van der Waals surface area (Å²) in [6.45, 7) is 3.64. The number of carbonyl (C=O) groups excluding carboxylic acids is 2. The minimum atomic E-state index is -0.558. The Hall–Kier alpha value is -3.74. The highest BCUT2D eigenvalue weighted by atomic mass is 16.5. The first-order chi connectivity index (χ1) is 15.0. The Balaban J connectivity index is 2.16. The van der Waals surface area contributed by atoms with Crippen LogP contribution in [0, 0.1) is 0 Å². The van der Waals surface area contributed by atoms with E-state index < -0.39 is 5.97 Å². The average Bonchev–Trinajstić information content (AvgIpc) is 3.03. The number of hydrogen-bond acceptors (Lipinski definition) is 6. The molecule has 7 nitrogen and oxygen atoms in total. The molecule has 0 spiro atoms. The van der Waals surface area contributed by atoms with Gasteiger partial charge in [0.05, 0.1) is 39.1 Å². The van der Waals surface area contributed by atoms with Crippen molar-refractivity contribution < 1.29 is 28.5 Å². The lowest BCUT2D eigenvalue weighted by molar-refractivity contribution is -0.138. The molecule has 3 rings (SSSR count). The molecule has 31 heavy (non-hydrogen) atoms. The zero-order valence-corrected chi connectivity index (χ0v) is 18.2. The van der Waals surface area contributed by atoms with Crippen molar-refractivity contribution in [1.82, 2.24) is 0 Å². The molecule has 0 N–H and O–H groups in total. The third-order valence-electron chi connectivity index (χ3n) is 4.94. The zero-order valence-electron chi connectivity index (χ0n) is 18.2. The molecule has 0 bridgehead atoms. The minimum Gasteiger partial charge on any atom is -0.497 e. The molecule has 162 valence electrons. The van der Waals surface area contributed by atoms with E-state index in [2.05, 4.69) is 0 Å². The minimum absolute atomic E-state index is 0.197. The normalized spacial score (nSPS) is 14.8. The monoisotopic (exact) mass is 423 g/mol. The molecule has 0 fully saturated rings. The third kappa shape index (κ3) is 4.12. The lowest BCUT2D eigenvalue weighted by Gasteiger charge is -2.18. The van der Waals surface area contributed by atoms with Gasteiger partial charge in [-0.1, -0.05) is 12.1 Å². The molecule has 0 radical (unpaired) electrons. The highest BCUT2D eigenvalue weighted by Crippen LogP contribution is 2.38. The second-order valence-electron chi connectivity index (χ2n) is 6.66. The Morgan fingerprint density at radius 2 is 1.71 bits per heavy atom. The highest BCUT2D eigenvalue weighted by molar-refractivity contribution is 6.24. The van der Waals surface area contributed by atoms with Gasteiger partial charge >= 0.3 is 5.97 Å². The zero-order chi connectivity index (χ0) is 22.5. The number of nitrogens with zero attached hydrogens (tertiary/aromatic N) is 1. The topological polar surface area (TPSA) is 74.3 Å². The SMILES string of the molecule is CCOC(=O)C1=C(C)N(c2ccc(OC)cc2)C(=O)C1=Cc1cccc(OC)c1OC. The Labute approximate surface area is 181 Å². The standard InChI is InChI=1S/C24H25NO6/c1-6-31-24(27)21-15(2)25(17-10-12-18(28-3)13-11-17)23(26)19(21)14-16-8-7-9-20(29-4)22(16)30-5/h7-14H,6H2,1-5H3. The highest BCUT2D eigenvalue weighted by Gasteiger charge is 2.38. The van der Waals surface area contributed by atoms with Crippen LogP contribution in [0.3, 0.4) is 0 Å². The van der Waals surface area contributed by atoms with Gasteiger partial charge in [-0.2, -0.15) is 0 Å². The third-order valence-corrected chi connectivity index (χ3v) is 4.94. The first kappa shape index (κ1) is 22.0. The number of carbonyl (C=O) groups is 2. The van der Waals surface area contributed by atoms with Gasteiger partial charge in [0.25, 0.3) is 5.91 Å². The summed E-state index contributed by atoms with van der Waals surface area (Å²) in [6, 6.07) is 12.4. The molecule has 1 amide bonds. The maximum absolute atomic E-state index is 13.5. The predicted octanol–water partition coefficient (Wildman–Crippen LogP) is 3.98. The first-order valence-corrected chi connectivity index (χ1v) is 9.76. The number of benzene rings is 2. The van der Waals surface area contributed by atoms with Crippen LogP contribution in [0.1, 0.15) is 19.4 Å². The van der Waals surface area contributed by atoms with Gasteiger partial charge in [0.2, 0.25) is 0 Å². The van der Waals surface area contributed by atoms with Crippen LogP contribution in [0.4, 0.5) is 5.69 Å². The quantitative estimate of drug-likeness (QED) is 0.495. The lowest BCUT2D eigenvalue weighted by atomic mass is 10.0. The fourth-order valence-electron chi connectivity index (χ4n) is 3.50. The van der Waals surface area contributed by atoms with Crippen LogP contribution in [-0.4, -0.2) is 39.8 Å². The van der Waals surface area contributed by atoms with Crippen LogP contribution in [0.15, 0.2) is 59.3 Å². The summed E-state index contributed by atoms with van der Waals surface area (Å²) in [4.78, 5) is 27.7. The molecule has 7 heteroatoms. The van der Waals surface area contributed by atoms with Crippen molar-refractivity contribution in [3.8, 4) is 17.2 Å². The van der Waals surface area contributed by atoms with E-state index in [4.69, 9.17) is 18.9 Å². The molecule has 0 saturated heterocycles. The summed E-state index contributed by atoms with van der Waals surface area (Å²) in [5, 5.41) is 0. The summed E-state index contributed by atoms with van der Waals surface area (Å²) in [6.07, 6.45) is 1.63. The van der Waals surface area contributed by atoms with Gasteiger partial charge in [-0.25, -0.2) is 4.79 Å². The predicted molar refractivity (Wildman–Crippen MR) is 117 cm³/mol. The molecule has 0 unspecified atom stereocenters. The van der Waals surface area contributed by atoms with E-state index in [1.807, 2.05) is 0 Å². The number of para-hydroxylation sites is 1. The van der Waals surface area contributed by atoms with E-state index >= 15 is 0 Å². The average molecular weight is 423 g/mol. The number of esters is 1. The fourth-order valence-corrected chi connectivity index (χ4v) is 3.50. The van der Waals surface area contributed by atoms with Gasteiger partial charge in [-0.15, -0.1) is 0 Å². The summed E-state index contributed by atoms with van der Waals surface area (Å²) in [5.41, 5.74) is 2.15.